The maximum absolute atomic E-state index is 8.62. The summed E-state index contributed by atoms with van der Waals surface area (Å²) in [6, 6.07) is 0. The molecule has 0 saturated carbocycles. The smallest absolute Gasteiger partial charge is 0.185 e. The highest BCUT2D eigenvalue weighted by Crippen LogP contribution is 2.21. The molecule has 12 heavy (non-hydrogen) atoms. The van der Waals surface area contributed by atoms with Crippen LogP contribution in [0.1, 0.15) is 26.7 Å². The van der Waals surface area contributed by atoms with Crippen molar-refractivity contribution in [2.24, 2.45) is 21.9 Å². The van der Waals surface area contributed by atoms with Crippen molar-refractivity contribution in [3.8, 4) is 0 Å². The van der Waals surface area contributed by atoms with Gasteiger partial charge in [-0.05, 0) is 18.3 Å². The van der Waals surface area contributed by atoms with E-state index in [2.05, 4.69) is 18.8 Å². The molecule has 0 aromatic carbocycles. The topological polar surface area (TPSA) is 84.6 Å². The molecule has 0 bridgehead atoms. The quantitative estimate of drug-likeness (QED) is 0.406. The second-order valence-corrected chi connectivity index (χ2v) is 3.73. The molecule has 0 aromatic heterocycles. The van der Waals surface area contributed by atoms with E-state index < -0.39 is 0 Å². The van der Waals surface area contributed by atoms with Gasteiger partial charge < -0.3 is 16.6 Å². The summed E-state index contributed by atoms with van der Waals surface area (Å²) in [7, 11) is 0. The molecule has 0 aliphatic rings. The number of nitrogens with two attached hydrogens (primary N) is 2. The molecule has 4 heteroatoms. The van der Waals surface area contributed by atoms with Crippen molar-refractivity contribution in [2.75, 3.05) is 13.2 Å². The SMILES string of the molecule is CC(C)(CCCO)CN=C(N)N. The Balaban J connectivity index is 3.78. The third kappa shape index (κ3) is 5.97. The van der Waals surface area contributed by atoms with Crippen LogP contribution in [0.25, 0.3) is 0 Å². The van der Waals surface area contributed by atoms with Crippen LogP contribution in [-0.4, -0.2) is 24.2 Å². The molecular formula is C8H19N3O. The van der Waals surface area contributed by atoms with Crippen molar-refractivity contribution in [3.05, 3.63) is 0 Å². The molecule has 0 heterocycles. The van der Waals surface area contributed by atoms with Crippen molar-refractivity contribution in [2.45, 2.75) is 26.7 Å². The van der Waals surface area contributed by atoms with E-state index in [9.17, 15) is 0 Å². The average molecular weight is 173 g/mol. The molecule has 0 aromatic rings. The van der Waals surface area contributed by atoms with Crippen LogP contribution in [0.5, 0.6) is 0 Å². The Bertz CT molecular complexity index is 150. The summed E-state index contributed by atoms with van der Waals surface area (Å²) in [6.45, 7) is 5.00. The van der Waals surface area contributed by atoms with E-state index in [4.69, 9.17) is 16.6 Å². The van der Waals surface area contributed by atoms with Gasteiger partial charge in [0.2, 0.25) is 0 Å². The van der Waals surface area contributed by atoms with Crippen molar-refractivity contribution in [1.82, 2.24) is 0 Å². The summed E-state index contributed by atoms with van der Waals surface area (Å²) in [4.78, 5) is 3.94. The number of guanidine groups is 1. The van der Waals surface area contributed by atoms with E-state index in [0.29, 0.717) is 6.54 Å². The Morgan fingerprint density at radius 3 is 2.42 bits per heavy atom. The molecule has 0 saturated heterocycles. The Morgan fingerprint density at radius 1 is 1.42 bits per heavy atom. The molecule has 0 rings (SSSR count). The summed E-state index contributed by atoms with van der Waals surface area (Å²) in [5, 5.41) is 8.62. The predicted octanol–water partition coefficient (Wildman–Crippen LogP) is 0.0585. The zero-order valence-electron chi connectivity index (χ0n) is 7.88. The molecule has 5 N–H and O–H groups in total. The number of aliphatic imine (C=N–C) groups is 1. The predicted molar refractivity (Wildman–Crippen MR) is 50.8 cm³/mol. The van der Waals surface area contributed by atoms with Gasteiger partial charge in [-0.15, -0.1) is 0 Å². The monoisotopic (exact) mass is 173 g/mol. The second kappa shape index (κ2) is 4.98. The fraction of sp³-hybridized carbons (Fsp3) is 0.875. The van der Waals surface area contributed by atoms with Gasteiger partial charge in [-0.1, -0.05) is 13.8 Å². The summed E-state index contributed by atoms with van der Waals surface area (Å²) in [5.74, 6) is 0.132. The van der Waals surface area contributed by atoms with Crippen LogP contribution in [0, 0.1) is 5.41 Å². The van der Waals surface area contributed by atoms with Crippen LogP contribution >= 0.6 is 0 Å². The maximum atomic E-state index is 8.62. The minimum atomic E-state index is 0.0761. The molecule has 4 nitrogen and oxygen atoms in total. The van der Waals surface area contributed by atoms with E-state index in [1.54, 1.807) is 0 Å². The lowest BCUT2D eigenvalue weighted by atomic mass is 9.88. The standard InChI is InChI=1S/C8H19N3O/c1-8(2,4-3-5-12)6-11-7(9)10/h12H,3-6H2,1-2H3,(H4,9,10,11). The van der Waals surface area contributed by atoms with Crippen LogP contribution < -0.4 is 11.5 Å². The fourth-order valence-electron chi connectivity index (χ4n) is 0.942. The molecule has 0 unspecified atom stereocenters. The van der Waals surface area contributed by atoms with Crippen LogP contribution in [-0.2, 0) is 0 Å². The van der Waals surface area contributed by atoms with Gasteiger partial charge in [-0.3, -0.25) is 4.99 Å². The minimum absolute atomic E-state index is 0.0761. The lowest BCUT2D eigenvalue weighted by molar-refractivity contribution is 0.245. The Kier molecular flexibility index (Phi) is 4.66. The lowest BCUT2D eigenvalue weighted by Crippen LogP contribution is -2.26. The number of aliphatic hydroxyl groups excluding tert-OH is 1. The number of hydrogen-bond acceptors (Lipinski definition) is 2. The van der Waals surface area contributed by atoms with Crippen molar-refractivity contribution in [1.29, 1.82) is 0 Å². The van der Waals surface area contributed by atoms with Gasteiger partial charge in [0.25, 0.3) is 0 Å². The number of nitrogens with zero attached hydrogens (tertiary/aromatic N) is 1. The van der Waals surface area contributed by atoms with Crippen LogP contribution in [0.3, 0.4) is 0 Å². The van der Waals surface area contributed by atoms with Gasteiger partial charge >= 0.3 is 0 Å². The van der Waals surface area contributed by atoms with Gasteiger partial charge in [0.05, 0.1) is 0 Å². The van der Waals surface area contributed by atoms with E-state index in [1.165, 1.54) is 0 Å². The number of aliphatic hydroxyl groups is 1. The Labute approximate surface area is 73.7 Å². The van der Waals surface area contributed by atoms with E-state index >= 15 is 0 Å². The van der Waals surface area contributed by atoms with Gasteiger partial charge in [-0.2, -0.15) is 0 Å². The largest absolute Gasteiger partial charge is 0.396 e. The third-order valence-corrected chi connectivity index (χ3v) is 1.70. The zero-order valence-corrected chi connectivity index (χ0v) is 7.88. The van der Waals surface area contributed by atoms with E-state index in [-0.39, 0.29) is 18.0 Å². The molecule has 0 amide bonds. The first-order chi connectivity index (χ1) is 5.48. The van der Waals surface area contributed by atoms with Gasteiger partial charge in [0, 0.05) is 13.2 Å². The van der Waals surface area contributed by atoms with Crippen LogP contribution in [0.15, 0.2) is 4.99 Å². The van der Waals surface area contributed by atoms with E-state index in [1.807, 2.05) is 0 Å². The molecule has 0 aliphatic heterocycles. The van der Waals surface area contributed by atoms with Gasteiger partial charge in [0.1, 0.15) is 0 Å². The van der Waals surface area contributed by atoms with Crippen molar-refractivity contribution < 1.29 is 5.11 Å². The lowest BCUT2D eigenvalue weighted by Gasteiger charge is -2.21. The molecule has 0 fully saturated rings. The van der Waals surface area contributed by atoms with Crippen molar-refractivity contribution >= 4 is 5.96 Å². The average Bonchev–Trinajstić information content (AvgIpc) is 1.98. The molecule has 0 aliphatic carbocycles. The first-order valence-electron chi connectivity index (χ1n) is 4.14. The number of rotatable bonds is 5. The summed E-state index contributed by atoms with van der Waals surface area (Å²) < 4.78 is 0. The molecule has 72 valence electrons. The normalized spacial score (nSPS) is 11.2. The molecule has 0 atom stereocenters. The first-order valence-corrected chi connectivity index (χ1v) is 4.14. The van der Waals surface area contributed by atoms with E-state index in [0.717, 1.165) is 12.8 Å². The highest BCUT2D eigenvalue weighted by atomic mass is 16.2. The highest BCUT2D eigenvalue weighted by Gasteiger charge is 2.16. The van der Waals surface area contributed by atoms with Gasteiger partial charge in [-0.25, -0.2) is 0 Å². The number of hydrogen-bond donors (Lipinski definition) is 3. The third-order valence-electron chi connectivity index (χ3n) is 1.70. The second-order valence-electron chi connectivity index (χ2n) is 3.73. The first kappa shape index (κ1) is 11.2. The van der Waals surface area contributed by atoms with Crippen LogP contribution in [0.2, 0.25) is 0 Å². The molecular weight excluding hydrogens is 154 g/mol. The van der Waals surface area contributed by atoms with Crippen molar-refractivity contribution in [3.63, 3.8) is 0 Å². The highest BCUT2D eigenvalue weighted by molar-refractivity contribution is 5.75. The molecule has 0 spiro atoms. The Morgan fingerprint density at radius 2 is 2.00 bits per heavy atom. The minimum Gasteiger partial charge on any atom is -0.396 e. The zero-order chi connectivity index (χ0) is 9.61. The summed E-state index contributed by atoms with van der Waals surface area (Å²) in [6.07, 6.45) is 1.73. The van der Waals surface area contributed by atoms with Crippen LogP contribution in [0.4, 0.5) is 0 Å². The molecule has 0 radical (unpaired) electrons. The maximum Gasteiger partial charge on any atom is 0.185 e. The fourth-order valence-corrected chi connectivity index (χ4v) is 0.942. The van der Waals surface area contributed by atoms with Gasteiger partial charge in [0.15, 0.2) is 5.96 Å². The Hall–Kier alpha value is -0.770. The summed E-state index contributed by atoms with van der Waals surface area (Å²) >= 11 is 0. The summed E-state index contributed by atoms with van der Waals surface area (Å²) in [5.41, 5.74) is 10.5.